The first-order valence-corrected chi connectivity index (χ1v) is 7.01. The fourth-order valence-electron chi connectivity index (χ4n) is 1.74. The normalized spacial score (nSPS) is 12.9. The van der Waals surface area contributed by atoms with E-state index in [0.29, 0.717) is 10.8 Å². The molecule has 0 aromatic heterocycles. The minimum Gasteiger partial charge on any atom is -0.483 e. The Bertz CT molecular complexity index is 469. The molecule has 1 atom stereocenters. The van der Waals surface area contributed by atoms with E-state index in [1.807, 2.05) is 40.8 Å². The number of carbonyl (C=O) groups is 1. The second-order valence-electron chi connectivity index (χ2n) is 5.78. The number of rotatable bonds is 5. The SMILES string of the molecule is CNC(C)c1cc(Cl)ccc1OCC(=O)NC(C)(C)C. The van der Waals surface area contributed by atoms with Gasteiger partial charge >= 0.3 is 0 Å². The second kappa shape index (κ2) is 6.95. The lowest BCUT2D eigenvalue weighted by Gasteiger charge is -2.21. The Morgan fingerprint density at radius 1 is 1.40 bits per heavy atom. The zero-order chi connectivity index (χ0) is 15.3. The Balaban J connectivity index is 2.75. The number of halogens is 1. The summed E-state index contributed by atoms with van der Waals surface area (Å²) in [5.41, 5.74) is 0.671. The van der Waals surface area contributed by atoms with Gasteiger partial charge in [0.25, 0.3) is 5.91 Å². The number of nitrogens with one attached hydrogen (secondary N) is 2. The van der Waals surface area contributed by atoms with Gasteiger partial charge in [0.2, 0.25) is 0 Å². The van der Waals surface area contributed by atoms with Crippen LogP contribution in [0.2, 0.25) is 5.02 Å². The van der Waals surface area contributed by atoms with Crippen molar-refractivity contribution in [2.45, 2.75) is 39.3 Å². The van der Waals surface area contributed by atoms with Gasteiger partial charge in [0, 0.05) is 22.2 Å². The van der Waals surface area contributed by atoms with Gasteiger partial charge in [0.05, 0.1) is 0 Å². The number of hydrogen-bond acceptors (Lipinski definition) is 3. The van der Waals surface area contributed by atoms with Crippen LogP contribution < -0.4 is 15.4 Å². The molecule has 2 N–H and O–H groups in total. The van der Waals surface area contributed by atoms with Crippen molar-refractivity contribution in [2.75, 3.05) is 13.7 Å². The molecule has 1 aromatic carbocycles. The maximum absolute atomic E-state index is 11.8. The van der Waals surface area contributed by atoms with Crippen molar-refractivity contribution in [3.63, 3.8) is 0 Å². The van der Waals surface area contributed by atoms with Crippen LogP contribution in [-0.2, 0) is 4.79 Å². The molecule has 0 fully saturated rings. The molecule has 1 aromatic rings. The monoisotopic (exact) mass is 298 g/mol. The van der Waals surface area contributed by atoms with Crippen LogP contribution in [0.1, 0.15) is 39.3 Å². The number of hydrogen-bond donors (Lipinski definition) is 2. The molecule has 0 heterocycles. The lowest BCUT2D eigenvalue weighted by Crippen LogP contribution is -2.43. The zero-order valence-electron chi connectivity index (χ0n) is 12.7. The molecule has 1 rings (SSSR count). The number of carbonyl (C=O) groups excluding carboxylic acids is 1. The lowest BCUT2D eigenvalue weighted by atomic mass is 10.1. The van der Waals surface area contributed by atoms with Crippen LogP contribution >= 0.6 is 11.6 Å². The summed E-state index contributed by atoms with van der Waals surface area (Å²) < 4.78 is 5.61. The standard InChI is InChI=1S/C15H23ClN2O2/c1-10(17-5)12-8-11(16)6-7-13(12)20-9-14(19)18-15(2,3)4/h6-8,10,17H,9H2,1-5H3,(H,18,19). The van der Waals surface area contributed by atoms with Gasteiger partial charge in [-0.3, -0.25) is 4.79 Å². The molecule has 5 heteroatoms. The van der Waals surface area contributed by atoms with Crippen LogP contribution in [0.25, 0.3) is 0 Å². The molecule has 0 aliphatic carbocycles. The molecule has 20 heavy (non-hydrogen) atoms. The van der Waals surface area contributed by atoms with Crippen molar-refractivity contribution in [3.05, 3.63) is 28.8 Å². The van der Waals surface area contributed by atoms with E-state index in [4.69, 9.17) is 16.3 Å². The van der Waals surface area contributed by atoms with Crippen molar-refractivity contribution in [1.29, 1.82) is 0 Å². The molecular formula is C15H23ClN2O2. The van der Waals surface area contributed by atoms with Gasteiger partial charge in [-0.15, -0.1) is 0 Å². The van der Waals surface area contributed by atoms with Crippen molar-refractivity contribution in [2.24, 2.45) is 0 Å². The summed E-state index contributed by atoms with van der Waals surface area (Å²) in [5.74, 6) is 0.524. The van der Waals surface area contributed by atoms with E-state index in [1.165, 1.54) is 0 Å². The Labute approximate surface area is 125 Å². The molecule has 0 radical (unpaired) electrons. The van der Waals surface area contributed by atoms with Gasteiger partial charge in [0.15, 0.2) is 6.61 Å². The first-order chi connectivity index (χ1) is 9.23. The summed E-state index contributed by atoms with van der Waals surface area (Å²) in [5, 5.41) is 6.64. The average Bonchev–Trinajstić information content (AvgIpc) is 2.34. The highest BCUT2D eigenvalue weighted by molar-refractivity contribution is 6.30. The van der Waals surface area contributed by atoms with Crippen LogP contribution in [0.5, 0.6) is 5.75 Å². The van der Waals surface area contributed by atoms with Crippen LogP contribution in [0.3, 0.4) is 0 Å². The summed E-state index contributed by atoms with van der Waals surface area (Å²) >= 11 is 6.01. The highest BCUT2D eigenvalue weighted by atomic mass is 35.5. The number of benzene rings is 1. The molecular weight excluding hydrogens is 276 g/mol. The molecule has 0 bridgehead atoms. The molecule has 0 aliphatic heterocycles. The number of ether oxygens (including phenoxy) is 1. The minimum atomic E-state index is -0.262. The second-order valence-corrected chi connectivity index (χ2v) is 6.22. The average molecular weight is 299 g/mol. The van der Waals surface area contributed by atoms with Crippen LogP contribution in [-0.4, -0.2) is 25.1 Å². The maximum atomic E-state index is 11.8. The minimum absolute atomic E-state index is 0.0116. The van der Waals surface area contributed by atoms with Crippen LogP contribution in [0.4, 0.5) is 0 Å². The molecule has 112 valence electrons. The van der Waals surface area contributed by atoms with E-state index in [-0.39, 0.29) is 24.1 Å². The maximum Gasteiger partial charge on any atom is 0.258 e. The predicted molar refractivity (Wildman–Crippen MR) is 82.3 cm³/mol. The Morgan fingerprint density at radius 3 is 2.60 bits per heavy atom. The van der Waals surface area contributed by atoms with E-state index in [2.05, 4.69) is 10.6 Å². The van der Waals surface area contributed by atoms with E-state index in [0.717, 1.165) is 5.56 Å². The molecule has 0 spiro atoms. The first-order valence-electron chi connectivity index (χ1n) is 6.63. The third kappa shape index (κ3) is 5.39. The molecule has 0 saturated carbocycles. The van der Waals surface area contributed by atoms with Crippen molar-refractivity contribution in [3.8, 4) is 5.75 Å². The summed E-state index contributed by atoms with van der Waals surface area (Å²) in [6, 6.07) is 5.48. The first kappa shape index (κ1) is 16.8. The van der Waals surface area contributed by atoms with Gasteiger partial charge in [0.1, 0.15) is 5.75 Å². The molecule has 4 nitrogen and oxygen atoms in total. The van der Waals surface area contributed by atoms with Crippen molar-refractivity contribution < 1.29 is 9.53 Å². The van der Waals surface area contributed by atoms with E-state index in [1.54, 1.807) is 12.1 Å². The highest BCUT2D eigenvalue weighted by Gasteiger charge is 2.16. The smallest absolute Gasteiger partial charge is 0.258 e. The van der Waals surface area contributed by atoms with E-state index < -0.39 is 0 Å². The topological polar surface area (TPSA) is 50.4 Å². The zero-order valence-corrected chi connectivity index (χ0v) is 13.5. The van der Waals surface area contributed by atoms with Gasteiger partial charge < -0.3 is 15.4 Å². The fourth-order valence-corrected chi connectivity index (χ4v) is 1.92. The van der Waals surface area contributed by atoms with E-state index in [9.17, 15) is 4.79 Å². The Kier molecular flexibility index (Phi) is 5.84. The third-order valence-corrected chi connectivity index (χ3v) is 2.98. The summed E-state index contributed by atoms with van der Waals surface area (Å²) in [7, 11) is 1.86. The quantitative estimate of drug-likeness (QED) is 0.879. The highest BCUT2D eigenvalue weighted by Crippen LogP contribution is 2.28. The summed E-state index contributed by atoms with van der Waals surface area (Å²) in [6.45, 7) is 7.79. The van der Waals surface area contributed by atoms with Crippen LogP contribution in [0.15, 0.2) is 18.2 Å². The van der Waals surface area contributed by atoms with Gasteiger partial charge in [-0.2, -0.15) is 0 Å². The summed E-state index contributed by atoms with van der Waals surface area (Å²) in [4.78, 5) is 11.8. The molecule has 0 saturated heterocycles. The fraction of sp³-hybridized carbons (Fsp3) is 0.533. The van der Waals surface area contributed by atoms with Gasteiger partial charge in [-0.1, -0.05) is 11.6 Å². The van der Waals surface area contributed by atoms with Gasteiger partial charge in [-0.05, 0) is 52.9 Å². The Hall–Kier alpha value is -1.26. The predicted octanol–water partition coefficient (Wildman–Crippen LogP) is 2.91. The van der Waals surface area contributed by atoms with Crippen molar-refractivity contribution in [1.82, 2.24) is 10.6 Å². The third-order valence-electron chi connectivity index (χ3n) is 2.74. The van der Waals surface area contributed by atoms with E-state index >= 15 is 0 Å². The largest absolute Gasteiger partial charge is 0.483 e. The van der Waals surface area contributed by atoms with Crippen LogP contribution in [0, 0.1) is 0 Å². The lowest BCUT2D eigenvalue weighted by molar-refractivity contribution is -0.124. The number of amides is 1. The molecule has 0 aliphatic rings. The summed E-state index contributed by atoms with van der Waals surface area (Å²) in [6.07, 6.45) is 0. The Morgan fingerprint density at radius 2 is 2.05 bits per heavy atom. The molecule has 1 amide bonds. The van der Waals surface area contributed by atoms with Gasteiger partial charge in [-0.25, -0.2) is 0 Å². The van der Waals surface area contributed by atoms with Crippen molar-refractivity contribution >= 4 is 17.5 Å². The molecule has 1 unspecified atom stereocenters.